The fourth-order valence-electron chi connectivity index (χ4n) is 0.273. The minimum atomic E-state index is -0.179. The van der Waals surface area contributed by atoms with E-state index in [9.17, 15) is 0 Å². The van der Waals surface area contributed by atoms with Crippen LogP contribution in [0.1, 0.15) is 13.3 Å². The van der Waals surface area contributed by atoms with Crippen LogP contribution >= 0.6 is 25.3 Å². The van der Waals surface area contributed by atoms with E-state index in [0.29, 0.717) is 0 Å². The van der Waals surface area contributed by atoms with Gasteiger partial charge in [0.25, 0.3) is 0 Å². The molecule has 0 rings (SSSR count). The van der Waals surface area contributed by atoms with Crippen LogP contribution in [-0.2, 0) is 0 Å². The molecular weight excluding hydrogens is 124 g/mol. The van der Waals surface area contributed by atoms with E-state index >= 15 is 0 Å². The van der Waals surface area contributed by atoms with Crippen LogP contribution in [0.25, 0.3) is 0 Å². The number of hydrogen-bond donors (Lipinski definition) is 2. The molecular formula is C5H10S2. The summed E-state index contributed by atoms with van der Waals surface area (Å²) in [6, 6.07) is 0. The second-order valence-electron chi connectivity index (χ2n) is 1.71. The van der Waals surface area contributed by atoms with Crippen molar-refractivity contribution < 1.29 is 0 Å². The quantitative estimate of drug-likeness (QED) is 0.323. The molecule has 0 saturated heterocycles. The summed E-state index contributed by atoms with van der Waals surface area (Å²) in [6.45, 7) is 5.48. The Hall–Kier alpha value is 0.440. The average Bonchev–Trinajstić information content (AvgIpc) is 1.30. The highest BCUT2D eigenvalue weighted by Gasteiger charge is 2.07. The number of thiol groups is 2. The molecule has 0 fully saturated rings. The van der Waals surface area contributed by atoms with Gasteiger partial charge >= 0.3 is 0 Å². The molecule has 42 valence electrons. The molecule has 0 aromatic heterocycles. The van der Waals surface area contributed by atoms with Gasteiger partial charge in [-0.05, 0) is 13.3 Å². The first-order chi connectivity index (χ1) is 3.06. The van der Waals surface area contributed by atoms with Crippen LogP contribution in [0.3, 0.4) is 0 Å². The molecule has 2 heteroatoms. The molecule has 0 N–H and O–H groups in total. The predicted molar refractivity (Wildman–Crippen MR) is 41.2 cm³/mol. The lowest BCUT2D eigenvalue weighted by Gasteiger charge is -2.11. The van der Waals surface area contributed by atoms with Crippen LogP contribution in [0, 0.1) is 0 Å². The second kappa shape index (κ2) is 2.68. The summed E-state index contributed by atoms with van der Waals surface area (Å²) in [7, 11) is 0. The van der Waals surface area contributed by atoms with Gasteiger partial charge in [-0.25, -0.2) is 0 Å². The monoisotopic (exact) mass is 134 g/mol. The minimum Gasteiger partial charge on any atom is -0.162 e. The fourth-order valence-corrected chi connectivity index (χ4v) is 0.532. The lowest BCUT2D eigenvalue weighted by atomic mass is 10.3. The van der Waals surface area contributed by atoms with E-state index in [1.807, 2.05) is 6.92 Å². The molecule has 0 bridgehead atoms. The van der Waals surface area contributed by atoms with Crippen molar-refractivity contribution in [3.8, 4) is 0 Å². The number of allylic oxidation sites excluding steroid dienone is 1. The van der Waals surface area contributed by atoms with E-state index in [1.165, 1.54) is 0 Å². The SMILES string of the molecule is C=CCC(C)(S)S. The van der Waals surface area contributed by atoms with Crippen molar-refractivity contribution in [2.75, 3.05) is 0 Å². The fraction of sp³-hybridized carbons (Fsp3) is 0.600. The summed E-state index contributed by atoms with van der Waals surface area (Å²) in [5.41, 5.74) is 0. The van der Waals surface area contributed by atoms with Crippen molar-refractivity contribution >= 4 is 25.3 Å². The van der Waals surface area contributed by atoms with Gasteiger partial charge in [0.05, 0.1) is 4.08 Å². The highest BCUT2D eigenvalue weighted by molar-refractivity contribution is 8.00. The second-order valence-corrected chi connectivity index (χ2v) is 4.04. The standard InChI is InChI=1S/C5H10S2/c1-3-4-5(2,6)7/h3,6-7H,1,4H2,2H3. The van der Waals surface area contributed by atoms with Crippen molar-refractivity contribution in [1.29, 1.82) is 0 Å². The van der Waals surface area contributed by atoms with Crippen molar-refractivity contribution in [1.82, 2.24) is 0 Å². The van der Waals surface area contributed by atoms with Gasteiger partial charge in [-0.2, -0.15) is 25.3 Å². The normalized spacial score (nSPS) is 11.3. The lowest BCUT2D eigenvalue weighted by Crippen LogP contribution is -2.02. The number of rotatable bonds is 2. The average molecular weight is 134 g/mol. The summed E-state index contributed by atoms with van der Waals surface area (Å²) >= 11 is 8.26. The molecule has 0 amide bonds. The Morgan fingerprint density at radius 3 is 2.14 bits per heavy atom. The van der Waals surface area contributed by atoms with Gasteiger partial charge in [0.15, 0.2) is 0 Å². The molecule has 0 aromatic carbocycles. The maximum absolute atomic E-state index is 4.13. The van der Waals surface area contributed by atoms with Crippen LogP contribution in [0.2, 0.25) is 0 Å². The molecule has 0 aliphatic heterocycles. The van der Waals surface area contributed by atoms with Crippen molar-refractivity contribution in [3.05, 3.63) is 12.7 Å². The lowest BCUT2D eigenvalue weighted by molar-refractivity contribution is 0.930. The first-order valence-corrected chi connectivity index (χ1v) is 3.01. The number of hydrogen-bond acceptors (Lipinski definition) is 2. The van der Waals surface area contributed by atoms with E-state index in [2.05, 4.69) is 31.8 Å². The van der Waals surface area contributed by atoms with E-state index in [-0.39, 0.29) is 4.08 Å². The third kappa shape index (κ3) is 6.44. The Morgan fingerprint density at radius 2 is 2.14 bits per heavy atom. The van der Waals surface area contributed by atoms with Crippen LogP contribution < -0.4 is 0 Å². The third-order valence-electron chi connectivity index (χ3n) is 0.531. The highest BCUT2D eigenvalue weighted by atomic mass is 32.2. The zero-order valence-electron chi connectivity index (χ0n) is 4.39. The summed E-state index contributed by atoms with van der Waals surface area (Å²) < 4.78 is -0.179. The van der Waals surface area contributed by atoms with Gasteiger partial charge < -0.3 is 0 Å². The molecule has 0 atom stereocenters. The Bertz CT molecular complexity index is 61.0. The molecule has 0 heterocycles. The summed E-state index contributed by atoms with van der Waals surface area (Å²) in [5, 5.41) is 0. The first-order valence-electron chi connectivity index (χ1n) is 2.12. The molecule has 0 aromatic rings. The van der Waals surface area contributed by atoms with Crippen molar-refractivity contribution in [2.45, 2.75) is 17.4 Å². The van der Waals surface area contributed by atoms with Gasteiger partial charge in [0.1, 0.15) is 0 Å². The molecule has 0 saturated carbocycles. The summed E-state index contributed by atoms with van der Waals surface area (Å²) in [5.74, 6) is 0. The molecule has 0 nitrogen and oxygen atoms in total. The van der Waals surface area contributed by atoms with E-state index in [0.717, 1.165) is 6.42 Å². The maximum Gasteiger partial charge on any atom is 0.0558 e. The zero-order valence-corrected chi connectivity index (χ0v) is 6.17. The van der Waals surface area contributed by atoms with Crippen LogP contribution in [-0.4, -0.2) is 4.08 Å². The van der Waals surface area contributed by atoms with Gasteiger partial charge in [0.2, 0.25) is 0 Å². The molecule has 0 radical (unpaired) electrons. The van der Waals surface area contributed by atoms with E-state index in [1.54, 1.807) is 6.08 Å². The third-order valence-corrected chi connectivity index (χ3v) is 0.896. The van der Waals surface area contributed by atoms with Gasteiger partial charge in [0, 0.05) is 0 Å². The van der Waals surface area contributed by atoms with Crippen molar-refractivity contribution in [3.63, 3.8) is 0 Å². The van der Waals surface area contributed by atoms with Gasteiger partial charge in [-0.1, -0.05) is 6.08 Å². The van der Waals surface area contributed by atoms with Gasteiger partial charge in [-0.3, -0.25) is 0 Å². The van der Waals surface area contributed by atoms with Crippen LogP contribution in [0.15, 0.2) is 12.7 Å². The van der Waals surface area contributed by atoms with E-state index in [4.69, 9.17) is 0 Å². The smallest absolute Gasteiger partial charge is 0.0558 e. The molecule has 0 spiro atoms. The molecule has 0 aliphatic rings. The Labute approximate surface area is 55.8 Å². The van der Waals surface area contributed by atoms with E-state index < -0.39 is 0 Å². The topological polar surface area (TPSA) is 0 Å². The largest absolute Gasteiger partial charge is 0.162 e. The Kier molecular flexibility index (Phi) is 2.84. The highest BCUT2D eigenvalue weighted by Crippen LogP contribution is 2.22. The van der Waals surface area contributed by atoms with Gasteiger partial charge in [-0.15, -0.1) is 6.58 Å². The Morgan fingerprint density at radius 1 is 1.71 bits per heavy atom. The summed E-state index contributed by atoms with van der Waals surface area (Å²) in [6.07, 6.45) is 2.64. The first kappa shape index (κ1) is 7.44. The minimum absolute atomic E-state index is 0.179. The molecule has 0 unspecified atom stereocenters. The molecule has 7 heavy (non-hydrogen) atoms. The van der Waals surface area contributed by atoms with Crippen LogP contribution in [0.5, 0.6) is 0 Å². The molecule has 0 aliphatic carbocycles. The zero-order chi connectivity index (χ0) is 5.91. The van der Waals surface area contributed by atoms with Crippen molar-refractivity contribution in [2.24, 2.45) is 0 Å². The Balaban J connectivity index is 3.34. The summed E-state index contributed by atoms with van der Waals surface area (Å²) in [4.78, 5) is 0. The predicted octanol–water partition coefficient (Wildman–Crippen LogP) is 2.14. The van der Waals surface area contributed by atoms with Crippen LogP contribution in [0.4, 0.5) is 0 Å². The maximum atomic E-state index is 4.13.